The molecule has 0 unspecified atom stereocenters. The van der Waals surface area contributed by atoms with E-state index in [1.54, 1.807) is 0 Å². The first kappa shape index (κ1) is 17.4. The van der Waals surface area contributed by atoms with Crippen LogP contribution < -0.4 is 10.1 Å². The molecule has 25 heavy (non-hydrogen) atoms. The summed E-state index contributed by atoms with van der Waals surface area (Å²) >= 11 is 0. The molecule has 0 spiro atoms. The largest absolute Gasteiger partial charge is 0.484 e. The summed E-state index contributed by atoms with van der Waals surface area (Å²) in [6.07, 6.45) is 4.05. The van der Waals surface area contributed by atoms with Gasteiger partial charge >= 0.3 is 0 Å². The molecule has 5 nitrogen and oxygen atoms in total. The quantitative estimate of drug-likeness (QED) is 0.842. The second kappa shape index (κ2) is 9.18. The van der Waals surface area contributed by atoms with Gasteiger partial charge in [0.05, 0.1) is 5.69 Å². The molecule has 0 bridgehead atoms. The summed E-state index contributed by atoms with van der Waals surface area (Å²) < 4.78 is 5.46. The number of carbonyl (C=O) groups excluding carboxylic acids is 1. The zero-order valence-electron chi connectivity index (χ0n) is 14.4. The summed E-state index contributed by atoms with van der Waals surface area (Å²) in [6, 6.07) is 15.5. The molecule has 1 aromatic heterocycles. The number of benzene rings is 1. The van der Waals surface area contributed by atoms with Crippen LogP contribution in [0, 0.1) is 5.92 Å². The van der Waals surface area contributed by atoms with Crippen LogP contribution in [0.2, 0.25) is 0 Å². The van der Waals surface area contributed by atoms with Crippen molar-refractivity contribution in [3.8, 4) is 5.75 Å². The number of likely N-dealkylation sites (tertiary alicyclic amines) is 1. The number of hydrogen-bond acceptors (Lipinski definition) is 4. The van der Waals surface area contributed by atoms with Gasteiger partial charge in [-0.3, -0.25) is 14.7 Å². The Hall–Kier alpha value is -2.40. The monoisotopic (exact) mass is 339 g/mol. The lowest BCUT2D eigenvalue weighted by Gasteiger charge is -2.31. The van der Waals surface area contributed by atoms with Crippen LogP contribution in [0.25, 0.3) is 0 Å². The third-order valence-electron chi connectivity index (χ3n) is 4.52. The first-order valence-electron chi connectivity index (χ1n) is 8.86. The van der Waals surface area contributed by atoms with E-state index in [2.05, 4.69) is 21.3 Å². The van der Waals surface area contributed by atoms with Gasteiger partial charge in [0.25, 0.3) is 5.91 Å². The van der Waals surface area contributed by atoms with Crippen LogP contribution in [0.3, 0.4) is 0 Å². The van der Waals surface area contributed by atoms with Crippen molar-refractivity contribution in [3.05, 3.63) is 60.4 Å². The first-order valence-corrected chi connectivity index (χ1v) is 8.86. The maximum absolute atomic E-state index is 11.9. The number of piperidine rings is 1. The second-order valence-corrected chi connectivity index (χ2v) is 6.45. The predicted molar refractivity (Wildman–Crippen MR) is 97.2 cm³/mol. The van der Waals surface area contributed by atoms with Crippen molar-refractivity contribution in [2.75, 3.05) is 26.2 Å². The van der Waals surface area contributed by atoms with Crippen molar-refractivity contribution >= 4 is 5.91 Å². The SMILES string of the molecule is O=C(COc1ccccc1)NCC1CCN(Cc2ccccn2)CC1. The molecule has 0 saturated carbocycles. The van der Waals surface area contributed by atoms with Crippen LogP contribution in [-0.4, -0.2) is 42.0 Å². The van der Waals surface area contributed by atoms with E-state index >= 15 is 0 Å². The fourth-order valence-electron chi connectivity index (χ4n) is 3.04. The van der Waals surface area contributed by atoms with Gasteiger partial charge in [-0.25, -0.2) is 0 Å². The summed E-state index contributed by atoms with van der Waals surface area (Å²) in [7, 11) is 0. The zero-order chi connectivity index (χ0) is 17.3. The number of nitrogens with one attached hydrogen (secondary N) is 1. The Morgan fingerprint density at radius 3 is 2.60 bits per heavy atom. The van der Waals surface area contributed by atoms with Gasteiger partial charge in [0.15, 0.2) is 6.61 Å². The van der Waals surface area contributed by atoms with Gasteiger partial charge in [-0.05, 0) is 56.1 Å². The number of amides is 1. The maximum atomic E-state index is 11.9. The van der Waals surface area contributed by atoms with Gasteiger partial charge < -0.3 is 10.1 Å². The molecule has 1 N–H and O–H groups in total. The highest BCUT2D eigenvalue weighted by molar-refractivity contribution is 5.77. The van der Waals surface area contributed by atoms with Gasteiger partial charge in [0.1, 0.15) is 5.75 Å². The van der Waals surface area contributed by atoms with E-state index < -0.39 is 0 Å². The van der Waals surface area contributed by atoms with E-state index in [-0.39, 0.29) is 12.5 Å². The van der Waals surface area contributed by atoms with Gasteiger partial charge in [0.2, 0.25) is 0 Å². The molecule has 1 amide bonds. The number of nitrogens with zero attached hydrogens (tertiary/aromatic N) is 2. The Kier molecular flexibility index (Phi) is 6.40. The molecule has 1 fully saturated rings. The summed E-state index contributed by atoms with van der Waals surface area (Å²) in [5.41, 5.74) is 1.12. The van der Waals surface area contributed by atoms with E-state index in [9.17, 15) is 4.79 Å². The average Bonchev–Trinajstić information content (AvgIpc) is 2.67. The van der Waals surface area contributed by atoms with Crippen LogP contribution in [0.4, 0.5) is 0 Å². The Labute approximate surface area is 149 Å². The minimum atomic E-state index is -0.0558. The standard InChI is InChI=1S/C20H25N3O2/c24-20(16-25-19-7-2-1-3-8-19)22-14-17-9-12-23(13-10-17)15-18-6-4-5-11-21-18/h1-8,11,17H,9-10,12-16H2,(H,22,24). The van der Waals surface area contributed by atoms with Crippen LogP contribution in [0.15, 0.2) is 54.7 Å². The Morgan fingerprint density at radius 2 is 1.88 bits per heavy atom. The Balaban J connectivity index is 1.31. The molecule has 1 aliphatic heterocycles. The van der Waals surface area contributed by atoms with Crippen molar-refractivity contribution in [3.63, 3.8) is 0 Å². The first-order chi connectivity index (χ1) is 12.3. The molecule has 3 rings (SSSR count). The van der Waals surface area contributed by atoms with Crippen molar-refractivity contribution < 1.29 is 9.53 Å². The summed E-state index contributed by atoms with van der Waals surface area (Å²) in [5, 5.41) is 2.99. The van der Waals surface area contributed by atoms with E-state index in [0.29, 0.717) is 5.92 Å². The fourth-order valence-corrected chi connectivity index (χ4v) is 3.04. The van der Waals surface area contributed by atoms with Crippen molar-refractivity contribution in [2.24, 2.45) is 5.92 Å². The molecule has 1 aromatic carbocycles. The molecule has 2 heterocycles. The number of ether oxygens (including phenoxy) is 1. The Bertz CT molecular complexity index is 641. The molecule has 132 valence electrons. The highest BCUT2D eigenvalue weighted by Crippen LogP contribution is 2.18. The molecule has 1 saturated heterocycles. The molecule has 0 aliphatic carbocycles. The predicted octanol–water partition coefficient (Wildman–Crippen LogP) is 2.49. The number of aromatic nitrogens is 1. The van der Waals surface area contributed by atoms with Crippen LogP contribution >= 0.6 is 0 Å². The summed E-state index contributed by atoms with van der Waals surface area (Å²) in [6.45, 7) is 3.82. The number of pyridine rings is 1. The molecular formula is C20H25N3O2. The molecular weight excluding hydrogens is 314 g/mol. The van der Waals surface area contributed by atoms with E-state index in [1.165, 1.54) is 0 Å². The molecule has 0 atom stereocenters. The fraction of sp³-hybridized carbons (Fsp3) is 0.400. The summed E-state index contributed by atoms with van der Waals surface area (Å²) in [4.78, 5) is 18.7. The number of hydrogen-bond donors (Lipinski definition) is 1. The van der Waals surface area contributed by atoms with Crippen LogP contribution in [0.1, 0.15) is 18.5 Å². The molecule has 1 aliphatic rings. The zero-order valence-corrected chi connectivity index (χ0v) is 14.4. The minimum absolute atomic E-state index is 0.0558. The van der Waals surface area contributed by atoms with Crippen molar-refractivity contribution in [1.82, 2.24) is 15.2 Å². The van der Waals surface area contributed by atoms with E-state index in [4.69, 9.17) is 4.74 Å². The highest BCUT2D eigenvalue weighted by atomic mass is 16.5. The Morgan fingerprint density at radius 1 is 1.12 bits per heavy atom. The topological polar surface area (TPSA) is 54.5 Å². The smallest absolute Gasteiger partial charge is 0.257 e. The lowest BCUT2D eigenvalue weighted by atomic mass is 9.96. The third kappa shape index (κ3) is 5.87. The summed E-state index contributed by atoms with van der Waals surface area (Å²) in [5.74, 6) is 1.21. The highest BCUT2D eigenvalue weighted by Gasteiger charge is 2.20. The van der Waals surface area contributed by atoms with Gasteiger partial charge in [0, 0.05) is 19.3 Å². The molecule has 5 heteroatoms. The van der Waals surface area contributed by atoms with Gasteiger partial charge in [-0.15, -0.1) is 0 Å². The second-order valence-electron chi connectivity index (χ2n) is 6.45. The lowest BCUT2D eigenvalue weighted by Crippen LogP contribution is -2.39. The van der Waals surface area contributed by atoms with Gasteiger partial charge in [-0.1, -0.05) is 24.3 Å². The lowest BCUT2D eigenvalue weighted by molar-refractivity contribution is -0.123. The van der Waals surface area contributed by atoms with Crippen molar-refractivity contribution in [1.29, 1.82) is 0 Å². The minimum Gasteiger partial charge on any atom is -0.484 e. The van der Waals surface area contributed by atoms with Gasteiger partial charge in [-0.2, -0.15) is 0 Å². The number of rotatable bonds is 7. The maximum Gasteiger partial charge on any atom is 0.257 e. The third-order valence-corrected chi connectivity index (χ3v) is 4.52. The molecule has 2 aromatic rings. The molecule has 0 radical (unpaired) electrons. The van der Waals surface area contributed by atoms with Crippen LogP contribution in [0.5, 0.6) is 5.75 Å². The van der Waals surface area contributed by atoms with E-state index in [0.717, 1.165) is 50.5 Å². The normalized spacial score (nSPS) is 15.7. The van der Waals surface area contributed by atoms with Crippen molar-refractivity contribution in [2.45, 2.75) is 19.4 Å². The number of para-hydroxylation sites is 1. The average molecular weight is 339 g/mol. The van der Waals surface area contributed by atoms with Crippen LogP contribution in [-0.2, 0) is 11.3 Å². The number of carbonyl (C=O) groups is 1. The van der Waals surface area contributed by atoms with E-state index in [1.807, 2.05) is 48.7 Å².